The molecular weight excluding hydrogens is 178 g/mol. The Balaban J connectivity index is 2.23. The summed E-state index contributed by atoms with van der Waals surface area (Å²) in [5.74, 6) is 1.13. The zero-order valence-electron chi connectivity index (χ0n) is 8.98. The highest BCUT2D eigenvalue weighted by molar-refractivity contribution is 5.09. The molecule has 0 fully saturated rings. The van der Waals surface area contributed by atoms with E-state index < -0.39 is 0 Å². The smallest absolute Gasteiger partial charge is 0.240 e. The summed E-state index contributed by atoms with van der Waals surface area (Å²) in [5, 5.41) is 10.9. The number of rotatable bonds is 6. The zero-order chi connectivity index (χ0) is 10.4. The summed E-state index contributed by atoms with van der Waals surface area (Å²) < 4.78 is 1.66. The van der Waals surface area contributed by atoms with E-state index in [-0.39, 0.29) is 0 Å². The minimum absolute atomic E-state index is 0.410. The van der Waals surface area contributed by atoms with Crippen LogP contribution in [0.5, 0.6) is 0 Å². The quantitative estimate of drug-likeness (QED) is 0.749. The first-order chi connectivity index (χ1) is 6.74. The Bertz CT molecular complexity index is 257. The van der Waals surface area contributed by atoms with Crippen LogP contribution in [0.2, 0.25) is 0 Å². The first-order valence-electron chi connectivity index (χ1n) is 5.25. The number of aryl methyl sites for hydroxylation is 1. The number of aromatic nitrogens is 4. The van der Waals surface area contributed by atoms with Crippen LogP contribution < -0.4 is 5.73 Å². The van der Waals surface area contributed by atoms with Gasteiger partial charge in [-0.3, -0.25) is 0 Å². The molecule has 0 amide bonds. The molecule has 0 bridgehead atoms. The summed E-state index contributed by atoms with van der Waals surface area (Å²) in [6.45, 7) is 5.30. The van der Waals surface area contributed by atoms with Gasteiger partial charge in [-0.05, 0) is 22.8 Å². The van der Waals surface area contributed by atoms with Crippen molar-refractivity contribution < 1.29 is 0 Å². The minimum atomic E-state index is 0.410. The summed E-state index contributed by atoms with van der Waals surface area (Å²) >= 11 is 0. The third kappa shape index (κ3) is 3.32. The lowest BCUT2D eigenvalue weighted by atomic mass is 10.0. The maximum absolute atomic E-state index is 5.55. The lowest BCUT2D eigenvalue weighted by molar-refractivity contribution is 0.421. The van der Waals surface area contributed by atoms with Crippen LogP contribution in [-0.2, 0) is 6.54 Å². The molecule has 5 nitrogen and oxygen atoms in total. The van der Waals surface area contributed by atoms with Crippen LogP contribution in [0.3, 0.4) is 0 Å². The summed E-state index contributed by atoms with van der Waals surface area (Å²) in [5.41, 5.74) is 5.55. The van der Waals surface area contributed by atoms with Gasteiger partial charge in [0.1, 0.15) is 0 Å². The molecular formula is C9H19N5. The molecule has 1 rings (SSSR count). The summed E-state index contributed by atoms with van der Waals surface area (Å²) in [6.07, 6.45) is 4.93. The van der Waals surface area contributed by atoms with E-state index in [1.54, 1.807) is 4.68 Å². The van der Waals surface area contributed by atoms with Crippen LogP contribution in [0.1, 0.15) is 39.5 Å². The van der Waals surface area contributed by atoms with Gasteiger partial charge in [0.25, 0.3) is 0 Å². The number of nitrogen functional groups attached to an aromatic ring is 1. The number of unbranched alkanes of at least 4 members (excludes halogenated alkanes) is 1. The van der Waals surface area contributed by atoms with E-state index in [9.17, 15) is 0 Å². The molecule has 0 aliphatic carbocycles. The van der Waals surface area contributed by atoms with Crippen LogP contribution in [0.25, 0.3) is 0 Å². The maximum Gasteiger partial charge on any atom is 0.240 e. The number of tetrazole rings is 1. The molecule has 1 atom stereocenters. The second-order valence-electron chi connectivity index (χ2n) is 3.80. The largest absolute Gasteiger partial charge is 0.367 e. The molecule has 2 N–H and O–H groups in total. The Hall–Kier alpha value is -1.13. The fourth-order valence-corrected chi connectivity index (χ4v) is 1.41. The SMILES string of the molecule is CCCC[C@@H](C)CCn1nnnc1N. The predicted molar refractivity (Wildman–Crippen MR) is 55.5 cm³/mol. The van der Waals surface area contributed by atoms with Crippen LogP contribution in [0, 0.1) is 5.92 Å². The Morgan fingerprint density at radius 2 is 2.21 bits per heavy atom. The number of nitrogens with zero attached hydrogens (tertiary/aromatic N) is 4. The van der Waals surface area contributed by atoms with Gasteiger partial charge in [0.2, 0.25) is 5.95 Å². The van der Waals surface area contributed by atoms with Crippen molar-refractivity contribution >= 4 is 5.95 Å². The van der Waals surface area contributed by atoms with Gasteiger partial charge < -0.3 is 5.73 Å². The molecule has 5 heteroatoms. The lowest BCUT2D eigenvalue weighted by Gasteiger charge is -2.09. The van der Waals surface area contributed by atoms with Crippen molar-refractivity contribution in [3.63, 3.8) is 0 Å². The Labute approximate surface area is 84.7 Å². The monoisotopic (exact) mass is 197 g/mol. The summed E-state index contributed by atoms with van der Waals surface area (Å²) in [6, 6.07) is 0. The van der Waals surface area contributed by atoms with Gasteiger partial charge in [-0.2, -0.15) is 0 Å². The highest BCUT2D eigenvalue weighted by Crippen LogP contribution is 2.12. The first-order valence-corrected chi connectivity index (χ1v) is 5.25. The molecule has 0 saturated carbocycles. The number of hydrogen-bond donors (Lipinski definition) is 1. The molecule has 0 aliphatic rings. The first kappa shape index (κ1) is 10.9. The van der Waals surface area contributed by atoms with Crippen LogP contribution in [-0.4, -0.2) is 20.2 Å². The van der Waals surface area contributed by atoms with Gasteiger partial charge in [-0.25, -0.2) is 4.68 Å². The van der Waals surface area contributed by atoms with Crippen LogP contribution >= 0.6 is 0 Å². The molecule has 14 heavy (non-hydrogen) atoms. The van der Waals surface area contributed by atoms with E-state index in [1.807, 2.05) is 0 Å². The van der Waals surface area contributed by atoms with Crippen molar-refractivity contribution in [2.75, 3.05) is 5.73 Å². The topological polar surface area (TPSA) is 69.6 Å². The summed E-state index contributed by atoms with van der Waals surface area (Å²) in [4.78, 5) is 0. The maximum atomic E-state index is 5.55. The standard InChI is InChI=1S/C9H19N5/c1-3-4-5-8(2)6-7-14-9(10)11-12-13-14/h8H,3-7H2,1-2H3,(H2,10,11,13)/t8-/m1/s1. The zero-order valence-corrected chi connectivity index (χ0v) is 8.98. The van der Waals surface area contributed by atoms with Crippen molar-refractivity contribution in [3.8, 4) is 0 Å². The summed E-state index contributed by atoms with van der Waals surface area (Å²) in [7, 11) is 0. The molecule has 0 aromatic carbocycles. The van der Waals surface area contributed by atoms with Gasteiger partial charge >= 0.3 is 0 Å². The van der Waals surface area contributed by atoms with Gasteiger partial charge in [-0.1, -0.05) is 38.2 Å². The molecule has 1 heterocycles. The van der Waals surface area contributed by atoms with Crippen molar-refractivity contribution in [1.82, 2.24) is 20.2 Å². The highest BCUT2D eigenvalue weighted by Gasteiger charge is 2.05. The van der Waals surface area contributed by atoms with E-state index in [1.165, 1.54) is 19.3 Å². The molecule has 0 unspecified atom stereocenters. The van der Waals surface area contributed by atoms with Crippen molar-refractivity contribution in [2.24, 2.45) is 5.92 Å². The van der Waals surface area contributed by atoms with E-state index in [0.717, 1.165) is 18.9 Å². The van der Waals surface area contributed by atoms with Crippen LogP contribution in [0.4, 0.5) is 5.95 Å². The normalized spacial score (nSPS) is 13.0. The minimum Gasteiger partial charge on any atom is -0.367 e. The van der Waals surface area contributed by atoms with Gasteiger partial charge in [0, 0.05) is 6.54 Å². The van der Waals surface area contributed by atoms with Crippen molar-refractivity contribution in [1.29, 1.82) is 0 Å². The lowest BCUT2D eigenvalue weighted by Crippen LogP contribution is -2.08. The van der Waals surface area contributed by atoms with Crippen LogP contribution in [0.15, 0.2) is 0 Å². The van der Waals surface area contributed by atoms with E-state index in [0.29, 0.717) is 5.95 Å². The fourth-order valence-electron chi connectivity index (χ4n) is 1.41. The predicted octanol–water partition coefficient (Wildman–Crippen LogP) is 1.47. The van der Waals surface area contributed by atoms with Gasteiger partial charge in [0.15, 0.2) is 0 Å². The Morgan fingerprint density at radius 1 is 1.43 bits per heavy atom. The van der Waals surface area contributed by atoms with E-state index in [2.05, 4.69) is 29.4 Å². The highest BCUT2D eigenvalue weighted by atomic mass is 15.6. The number of nitrogens with two attached hydrogens (primary N) is 1. The average molecular weight is 197 g/mol. The number of hydrogen-bond acceptors (Lipinski definition) is 4. The van der Waals surface area contributed by atoms with Gasteiger partial charge in [0.05, 0.1) is 0 Å². The van der Waals surface area contributed by atoms with Gasteiger partial charge in [-0.15, -0.1) is 0 Å². The molecule has 1 aromatic heterocycles. The third-order valence-corrected chi connectivity index (χ3v) is 2.44. The second-order valence-corrected chi connectivity index (χ2v) is 3.80. The Morgan fingerprint density at radius 3 is 2.79 bits per heavy atom. The molecule has 0 saturated heterocycles. The Kier molecular flexibility index (Phi) is 4.35. The molecule has 1 aromatic rings. The average Bonchev–Trinajstić information content (AvgIpc) is 2.58. The molecule has 0 radical (unpaired) electrons. The van der Waals surface area contributed by atoms with E-state index in [4.69, 9.17) is 5.73 Å². The molecule has 0 aliphatic heterocycles. The third-order valence-electron chi connectivity index (χ3n) is 2.44. The second kappa shape index (κ2) is 5.57. The fraction of sp³-hybridized carbons (Fsp3) is 0.889. The molecule has 80 valence electrons. The van der Waals surface area contributed by atoms with E-state index >= 15 is 0 Å². The van der Waals surface area contributed by atoms with Crippen molar-refractivity contribution in [2.45, 2.75) is 46.1 Å². The molecule has 0 spiro atoms. The van der Waals surface area contributed by atoms with Crippen molar-refractivity contribution in [3.05, 3.63) is 0 Å². The number of anilines is 1.